The summed E-state index contributed by atoms with van der Waals surface area (Å²) in [4.78, 5) is 6.95. The Morgan fingerprint density at radius 2 is 1.80 bits per heavy atom. The third kappa shape index (κ3) is 4.24. The summed E-state index contributed by atoms with van der Waals surface area (Å²) in [6.07, 6.45) is 0. The molecule has 3 aromatic rings. The summed E-state index contributed by atoms with van der Waals surface area (Å²) < 4.78 is 18.3. The van der Waals surface area contributed by atoms with Gasteiger partial charge in [-0.05, 0) is 55.9 Å². The van der Waals surface area contributed by atoms with Crippen molar-refractivity contribution in [3.63, 3.8) is 0 Å². The van der Waals surface area contributed by atoms with Gasteiger partial charge in [-0.3, -0.25) is 4.90 Å². The summed E-state index contributed by atoms with van der Waals surface area (Å²) in [5, 5.41) is 3.09. The number of ether oxygens (including phenoxy) is 1. The topological polar surface area (TPSA) is 25.4 Å². The minimum Gasteiger partial charge on any atom is -0.497 e. The molecule has 0 aliphatic carbocycles. The SMILES string of the molecule is COc1ccc(-c2nc(CN(C)C(C)c3ccc(F)cc3)cs2)cc1. The molecule has 0 N–H and O–H groups in total. The molecule has 0 spiro atoms. The van der Waals surface area contributed by atoms with Crippen LogP contribution < -0.4 is 4.74 Å². The van der Waals surface area contributed by atoms with Crippen molar-refractivity contribution in [2.75, 3.05) is 14.2 Å². The highest BCUT2D eigenvalue weighted by Gasteiger charge is 2.14. The second-order valence-electron chi connectivity index (χ2n) is 6.02. The van der Waals surface area contributed by atoms with Crippen molar-refractivity contribution in [3.05, 3.63) is 71.0 Å². The highest BCUT2D eigenvalue weighted by Crippen LogP contribution is 2.27. The van der Waals surface area contributed by atoms with Crippen LogP contribution >= 0.6 is 11.3 Å². The lowest BCUT2D eigenvalue weighted by atomic mass is 10.1. The molecule has 5 heteroatoms. The van der Waals surface area contributed by atoms with Gasteiger partial charge < -0.3 is 4.74 Å². The normalized spacial score (nSPS) is 12.4. The molecular weight excluding hydrogens is 335 g/mol. The Hall–Kier alpha value is -2.24. The Morgan fingerprint density at radius 1 is 1.12 bits per heavy atom. The van der Waals surface area contributed by atoms with Gasteiger partial charge in [0.1, 0.15) is 16.6 Å². The van der Waals surface area contributed by atoms with Crippen LogP contribution in [0, 0.1) is 5.82 Å². The van der Waals surface area contributed by atoms with Crippen molar-refractivity contribution in [2.45, 2.75) is 19.5 Å². The first-order valence-electron chi connectivity index (χ1n) is 8.11. The Bertz CT molecular complexity index is 814. The van der Waals surface area contributed by atoms with Crippen LogP contribution in [0.25, 0.3) is 10.6 Å². The smallest absolute Gasteiger partial charge is 0.123 e. The van der Waals surface area contributed by atoms with Gasteiger partial charge in [0.25, 0.3) is 0 Å². The lowest BCUT2D eigenvalue weighted by Gasteiger charge is -2.24. The van der Waals surface area contributed by atoms with Crippen LogP contribution in [0.5, 0.6) is 5.75 Å². The van der Waals surface area contributed by atoms with E-state index in [9.17, 15) is 4.39 Å². The number of rotatable bonds is 6. The predicted molar refractivity (Wildman–Crippen MR) is 100 cm³/mol. The molecule has 3 rings (SSSR count). The molecule has 1 heterocycles. The van der Waals surface area contributed by atoms with Crippen LogP contribution in [0.3, 0.4) is 0 Å². The summed E-state index contributed by atoms with van der Waals surface area (Å²) in [6, 6.07) is 14.8. The quantitative estimate of drug-likeness (QED) is 0.611. The van der Waals surface area contributed by atoms with E-state index in [0.29, 0.717) is 0 Å². The Balaban J connectivity index is 1.68. The number of benzene rings is 2. The molecule has 0 aliphatic rings. The van der Waals surface area contributed by atoms with Crippen molar-refractivity contribution in [1.82, 2.24) is 9.88 Å². The maximum Gasteiger partial charge on any atom is 0.123 e. The zero-order chi connectivity index (χ0) is 17.8. The van der Waals surface area contributed by atoms with E-state index >= 15 is 0 Å². The van der Waals surface area contributed by atoms with E-state index in [4.69, 9.17) is 9.72 Å². The molecule has 1 unspecified atom stereocenters. The van der Waals surface area contributed by atoms with E-state index in [1.165, 1.54) is 12.1 Å². The van der Waals surface area contributed by atoms with Crippen molar-refractivity contribution in [1.29, 1.82) is 0 Å². The average Bonchev–Trinajstić information content (AvgIpc) is 3.10. The molecule has 3 nitrogen and oxygen atoms in total. The van der Waals surface area contributed by atoms with E-state index in [1.807, 2.05) is 36.4 Å². The maximum absolute atomic E-state index is 13.1. The number of aromatic nitrogens is 1. The summed E-state index contributed by atoms with van der Waals surface area (Å²) in [7, 11) is 3.72. The van der Waals surface area contributed by atoms with Gasteiger partial charge >= 0.3 is 0 Å². The zero-order valence-electron chi connectivity index (χ0n) is 14.6. The second-order valence-corrected chi connectivity index (χ2v) is 6.87. The summed E-state index contributed by atoms with van der Waals surface area (Å²) in [6.45, 7) is 2.86. The van der Waals surface area contributed by atoms with Gasteiger partial charge in [0.2, 0.25) is 0 Å². The zero-order valence-corrected chi connectivity index (χ0v) is 15.4. The minimum atomic E-state index is -0.206. The van der Waals surface area contributed by atoms with E-state index < -0.39 is 0 Å². The standard InChI is InChI=1S/C20H21FN2OS/c1-14(15-4-8-17(21)9-5-15)23(2)12-18-13-25-20(22-18)16-6-10-19(24-3)11-7-16/h4-11,13-14H,12H2,1-3H3. The fourth-order valence-corrected chi connectivity index (χ4v) is 3.45. The van der Waals surface area contributed by atoms with Gasteiger partial charge in [0, 0.05) is 23.5 Å². The predicted octanol–water partition coefficient (Wildman–Crippen LogP) is 5.15. The monoisotopic (exact) mass is 356 g/mol. The largest absolute Gasteiger partial charge is 0.497 e. The molecule has 0 radical (unpaired) electrons. The number of hydrogen-bond donors (Lipinski definition) is 0. The molecule has 1 aromatic heterocycles. The highest BCUT2D eigenvalue weighted by atomic mass is 32.1. The third-order valence-electron chi connectivity index (χ3n) is 4.31. The van der Waals surface area contributed by atoms with Crippen molar-refractivity contribution < 1.29 is 9.13 Å². The first kappa shape index (κ1) is 17.6. The van der Waals surface area contributed by atoms with Crippen LogP contribution in [0.4, 0.5) is 4.39 Å². The first-order valence-corrected chi connectivity index (χ1v) is 8.99. The molecular formula is C20H21FN2OS. The molecule has 0 bridgehead atoms. The van der Waals surface area contributed by atoms with E-state index in [-0.39, 0.29) is 11.9 Å². The molecule has 0 amide bonds. The number of nitrogens with zero attached hydrogens (tertiary/aromatic N) is 2. The maximum atomic E-state index is 13.1. The molecule has 0 fully saturated rings. The van der Waals surface area contributed by atoms with Gasteiger partial charge in [-0.2, -0.15) is 0 Å². The van der Waals surface area contributed by atoms with Crippen LogP contribution in [-0.2, 0) is 6.54 Å². The minimum absolute atomic E-state index is 0.187. The third-order valence-corrected chi connectivity index (χ3v) is 5.25. The number of methoxy groups -OCH3 is 1. The summed E-state index contributed by atoms with van der Waals surface area (Å²) in [5.74, 6) is 0.635. The first-order chi connectivity index (χ1) is 12.1. The Morgan fingerprint density at radius 3 is 2.44 bits per heavy atom. The van der Waals surface area contributed by atoms with E-state index in [1.54, 1.807) is 18.4 Å². The van der Waals surface area contributed by atoms with Crippen molar-refractivity contribution in [3.8, 4) is 16.3 Å². The molecule has 0 saturated heterocycles. The van der Waals surface area contributed by atoms with E-state index in [0.717, 1.165) is 34.1 Å². The number of thiazole rings is 1. The lowest BCUT2D eigenvalue weighted by molar-refractivity contribution is 0.250. The average molecular weight is 356 g/mol. The van der Waals surface area contributed by atoms with Gasteiger partial charge in [0.05, 0.1) is 12.8 Å². The van der Waals surface area contributed by atoms with Crippen LogP contribution in [-0.4, -0.2) is 24.0 Å². The fourth-order valence-electron chi connectivity index (χ4n) is 2.63. The Labute approximate surface area is 151 Å². The van der Waals surface area contributed by atoms with Crippen molar-refractivity contribution in [2.24, 2.45) is 0 Å². The van der Waals surface area contributed by atoms with Gasteiger partial charge in [-0.25, -0.2) is 9.37 Å². The summed E-state index contributed by atoms with van der Waals surface area (Å²) in [5.41, 5.74) is 3.22. The summed E-state index contributed by atoms with van der Waals surface area (Å²) >= 11 is 1.64. The van der Waals surface area contributed by atoms with Gasteiger partial charge in [0.15, 0.2) is 0 Å². The lowest BCUT2D eigenvalue weighted by Crippen LogP contribution is -2.22. The molecule has 0 aliphatic heterocycles. The van der Waals surface area contributed by atoms with Crippen LogP contribution in [0.15, 0.2) is 53.9 Å². The van der Waals surface area contributed by atoms with Gasteiger partial charge in [-0.1, -0.05) is 12.1 Å². The van der Waals surface area contributed by atoms with Gasteiger partial charge in [-0.15, -0.1) is 11.3 Å². The number of hydrogen-bond acceptors (Lipinski definition) is 4. The van der Waals surface area contributed by atoms with Crippen LogP contribution in [0.1, 0.15) is 24.2 Å². The molecule has 2 aromatic carbocycles. The number of halogens is 1. The molecule has 0 saturated carbocycles. The second kappa shape index (κ2) is 7.76. The van der Waals surface area contributed by atoms with E-state index in [2.05, 4.69) is 24.3 Å². The molecule has 130 valence electrons. The molecule has 1 atom stereocenters. The van der Waals surface area contributed by atoms with Crippen molar-refractivity contribution >= 4 is 11.3 Å². The molecule has 25 heavy (non-hydrogen) atoms. The highest BCUT2D eigenvalue weighted by molar-refractivity contribution is 7.13. The Kier molecular flexibility index (Phi) is 5.46. The van der Waals surface area contributed by atoms with Crippen LogP contribution in [0.2, 0.25) is 0 Å². The fraction of sp³-hybridized carbons (Fsp3) is 0.250.